The smallest absolute Gasteiger partial charge is 0.0440 e. The van der Waals surface area contributed by atoms with Crippen molar-refractivity contribution in [3.05, 3.63) is 46.2 Å². The van der Waals surface area contributed by atoms with Crippen molar-refractivity contribution in [2.45, 2.75) is 12.3 Å². The predicted molar refractivity (Wildman–Crippen MR) is 63.3 cm³/mol. The molecule has 0 saturated carbocycles. The Morgan fingerprint density at radius 2 is 1.93 bits per heavy atom. The van der Waals surface area contributed by atoms with Crippen molar-refractivity contribution in [2.75, 3.05) is 6.61 Å². The highest BCUT2D eigenvalue weighted by Crippen LogP contribution is 2.47. The highest BCUT2D eigenvalue weighted by Gasteiger charge is 2.28. The quantitative estimate of drug-likeness (QED) is 0.817. The van der Waals surface area contributed by atoms with Gasteiger partial charge in [-0.2, -0.15) is 11.3 Å². The van der Waals surface area contributed by atoms with Gasteiger partial charge >= 0.3 is 0 Å². The zero-order valence-electron chi connectivity index (χ0n) is 8.31. The van der Waals surface area contributed by atoms with Gasteiger partial charge in [-0.25, -0.2) is 0 Å². The van der Waals surface area contributed by atoms with Gasteiger partial charge < -0.3 is 5.11 Å². The van der Waals surface area contributed by atoms with Gasteiger partial charge in [0.05, 0.1) is 0 Å². The Morgan fingerprint density at radius 3 is 2.80 bits per heavy atom. The summed E-state index contributed by atoms with van der Waals surface area (Å²) in [6.07, 6.45) is 0.834. The molecule has 1 aromatic heterocycles. The van der Waals surface area contributed by atoms with Crippen LogP contribution in [0.1, 0.15) is 23.5 Å². The van der Waals surface area contributed by atoms with Crippen LogP contribution in [0, 0.1) is 0 Å². The van der Waals surface area contributed by atoms with Gasteiger partial charge in [-0.1, -0.05) is 24.3 Å². The second kappa shape index (κ2) is 3.47. The molecule has 0 aliphatic heterocycles. The van der Waals surface area contributed by atoms with Gasteiger partial charge in [-0.05, 0) is 39.4 Å². The zero-order valence-corrected chi connectivity index (χ0v) is 9.13. The Morgan fingerprint density at radius 1 is 1.07 bits per heavy atom. The van der Waals surface area contributed by atoms with Crippen LogP contribution in [0.15, 0.2) is 35.0 Å². The molecule has 1 aliphatic carbocycles. The molecule has 0 unspecified atom stereocenters. The number of aliphatic hydroxyl groups is 1. The summed E-state index contributed by atoms with van der Waals surface area (Å²) in [6.45, 7) is 0.258. The van der Waals surface area contributed by atoms with E-state index in [2.05, 4.69) is 35.0 Å². The van der Waals surface area contributed by atoms with Gasteiger partial charge in [0.25, 0.3) is 0 Å². The molecule has 1 heterocycles. The lowest BCUT2D eigenvalue weighted by atomic mass is 9.95. The molecule has 2 aromatic rings. The number of hydrogen-bond donors (Lipinski definition) is 1. The summed E-state index contributed by atoms with van der Waals surface area (Å²) in [4.78, 5) is 0. The highest BCUT2D eigenvalue weighted by atomic mass is 32.1. The number of benzene rings is 1. The zero-order chi connectivity index (χ0) is 10.3. The highest BCUT2D eigenvalue weighted by molar-refractivity contribution is 7.08. The van der Waals surface area contributed by atoms with Crippen LogP contribution >= 0.6 is 11.3 Å². The minimum atomic E-state index is 0.258. The molecular weight excluding hydrogens is 204 g/mol. The summed E-state index contributed by atoms with van der Waals surface area (Å²) in [6, 6.07) is 8.53. The summed E-state index contributed by atoms with van der Waals surface area (Å²) in [5.74, 6) is 0.410. The third-order valence-corrected chi connectivity index (χ3v) is 3.87. The van der Waals surface area contributed by atoms with Crippen LogP contribution in [0.4, 0.5) is 0 Å². The first kappa shape index (κ1) is 9.13. The summed E-state index contributed by atoms with van der Waals surface area (Å²) in [5, 5.41) is 13.6. The Labute approximate surface area is 93.0 Å². The number of aliphatic hydroxyl groups excluding tert-OH is 1. The van der Waals surface area contributed by atoms with Crippen LogP contribution in [0.3, 0.4) is 0 Å². The van der Waals surface area contributed by atoms with Crippen LogP contribution in [0.25, 0.3) is 11.1 Å². The molecule has 1 atom stereocenters. The van der Waals surface area contributed by atoms with Crippen molar-refractivity contribution in [3.8, 4) is 11.1 Å². The van der Waals surface area contributed by atoms with Gasteiger partial charge in [-0.3, -0.25) is 0 Å². The van der Waals surface area contributed by atoms with Crippen molar-refractivity contribution in [3.63, 3.8) is 0 Å². The van der Waals surface area contributed by atoms with Crippen molar-refractivity contribution in [2.24, 2.45) is 0 Å². The molecule has 3 rings (SSSR count). The second-order valence-electron chi connectivity index (χ2n) is 3.89. The normalized spacial score (nSPS) is 17.5. The first-order valence-corrected chi connectivity index (χ1v) is 6.12. The van der Waals surface area contributed by atoms with Crippen LogP contribution in [-0.4, -0.2) is 11.7 Å². The molecule has 15 heavy (non-hydrogen) atoms. The topological polar surface area (TPSA) is 20.2 Å². The third kappa shape index (κ3) is 1.25. The maximum absolute atomic E-state index is 9.12. The van der Waals surface area contributed by atoms with E-state index in [1.165, 1.54) is 22.3 Å². The van der Waals surface area contributed by atoms with E-state index in [9.17, 15) is 0 Å². The van der Waals surface area contributed by atoms with Gasteiger partial charge in [0.2, 0.25) is 0 Å². The molecule has 0 fully saturated rings. The molecule has 76 valence electrons. The summed E-state index contributed by atoms with van der Waals surface area (Å²) >= 11 is 1.75. The van der Waals surface area contributed by atoms with Gasteiger partial charge in [0.1, 0.15) is 0 Å². The molecule has 0 radical (unpaired) electrons. The Balaban J connectivity index is 2.19. The van der Waals surface area contributed by atoms with Gasteiger partial charge in [0, 0.05) is 12.5 Å². The van der Waals surface area contributed by atoms with Gasteiger partial charge in [-0.15, -0.1) is 0 Å². The fraction of sp³-hybridized carbons (Fsp3) is 0.231. The standard InChI is InChI=1S/C13H12OS/c14-6-5-11-9-3-1-2-4-10(9)12-7-15-8-13(11)12/h1-4,7-8,11,14H,5-6H2/t11-/m1/s1. The second-order valence-corrected chi connectivity index (χ2v) is 4.64. The lowest BCUT2D eigenvalue weighted by molar-refractivity contribution is 0.282. The van der Waals surface area contributed by atoms with E-state index >= 15 is 0 Å². The van der Waals surface area contributed by atoms with E-state index in [0.717, 1.165) is 6.42 Å². The minimum Gasteiger partial charge on any atom is -0.396 e. The Kier molecular flexibility index (Phi) is 2.11. The average Bonchev–Trinajstić information content (AvgIpc) is 2.82. The first-order chi connectivity index (χ1) is 7.42. The summed E-state index contributed by atoms with van der Waals surface area (Å²) in [5.41, 5.74) is 5.50. The summed E-state index contributed by atoms with van der Waals surface area (Å²) < 4.78 is 0. The minimum absolute atomic E-state index is 0.258. The molecule has 1 aromatic carbocycles. The summed E-state index contributed by atoms with van der Waals surface area (Å²) in [7, 11) is 0. The largest absolute Gasteiger partial charge is 0.396 e. The maximum atomic E-state index is 9.12. The molecule has 0 spiro atoms. The van der Waals surface area contributed by atoms with Crippen LogP contribution in [0.2, 0.25) is 0 Å². The van der Waals surface area contributed by atoms with Crippen LogP contribution in [-0.2, 0) is 0 Å². The molecule has 0 bridgehead atoms. The van der Waals surface area contributed by atoms with Crippen LogP contribution in [0.5, 0.6) is 0 Å². The SMILES string of the molecule is OCC[C@@H]1c2ccccc2-c2cscc21. The Bertz CT molecular complexity index is 487. The molecule has 0 saturated heterocycles. The molecule has 1 nitrogen and oxygen atoms in total. The van der Waals surface area contributed by atoms with E-state index in [-0.39, 0.29) is 6.61 Å². The van der Waals surface area contributed by atoms with Gasteiger partial charge in [0.15, 0.2) is 0 Å². The fourth-order valence-corrected chi connectivity index (χ4v) is 3.35. The molecule has 1 N–H and O–H groups in total. The molecule has 0 amide bonds. The molecule has 2 heteroatoms. The fourth-order valence-electron chi connectivity index (χ4n) is 2.45. The lowest BCUT2D eigenvalue weighted by Gasteiger charge is -2.10. The maximum Gasteiger partial charge on any atom is 0.0440 e. The third-order valence-electron chi connectivity index (χ3n) is 3.11. The average molecular weight is 216 g/mol. The van der Waals surface area contributed by atoms with E-state index in [1.807, 2.05) is 0 Å². The molecular formula is C13H12OS. The molecule has 1 aliphatic rings. The van der Waals surface area contributed by atoms with E-state index in [4.69, 9.17) is 5.11 Å². The number of rotatable bonds is 2. The van der Waals surface area contributed by atoms with Crippen molar-refractivity contribution < 1.29 is 5.11 Å². The van der Waals surface area contributed by atoms with Crippen molar-refractivity contribution in [1.29, 1.82) is 0 Å². The van der Waals surface area contributed by atoms with E-state index in [1.54, 1.807) is 11.3 Å². The van der Waals surface area contributed by atoms with Crippen LogP contribution < -0.4 is 0 Å². The monoisotopic (exact) mass is 216 g/mol. The number of hydrogen-bond acceptors (Lipinski definition) is 2. The predicted octanol–water partition coefficient (Wildman–Crippen LogP) is 3.24. The van der Waals surface area contributed by atoms with E-state index in [0.29, 0.717) is 5.92 Å². The number of thiophene rings is 1. The lowest BCUT2D eigenvalue weighted by Crippen LogP contribution is -1.98. The Hall–Kier alpha value is -1.12. The van der Waals surface area contributed by atoms with Crippen molar-refractivity contribution in [1.82, 2.24) is 0 Å². The van der Waals surface area contributed by atoms with Crippen molar-refractivity contribution >= 4 is 11.3 Å². The number of fused-ring (bicyclic) bond motifs is 3. The van der Waals surface area contributed by atoms with E-state index < -0.39 is 0 Å². The first-order valence-electron chi connectivity index (χ1n) is 5.18.